The molecule has 0 bridgehead atoms. The number of hydrogen-bond acceptors (Lipinski definition) is 5. The number of aryl methyl sites for hydroxylation is 2. The molecule has 2 aromatic rings. The summed E-state index contributed by atoms with van der Waals surface area (Å²) in [6.45, 7) is 1.92. The van der Waals surface area contributed by atoms with Crippen molar-refractivity contribution in [3.8, 4) is 10.8 Å². The summed E-state index contributed by atoms with van der Waals surface area (Å²) in [5.74, 6) is -0.228. The SMILES string of the molecule is Cc1cnc(-c2nc(CCC(=O)O)cs2)nc1. The molecule has 17 heavy (non-hydrogen) atoms. The molecule has 0 aliphatic rings. The maximum Gasteiger partial charge on any atom is 0.303 e. The van der Waals surface area contributed by atoms with Gasteiger partial charge in [-0.1, -0.05) is 0 Å². The van der Waals surface area contributed by atoms with Crippen molar-refractivity contribution < 1.29 is 9.90 Å². The van der Waals surface area contributed by atoms with Crippen LogP contribution in [0.2, 0.25) is 0 Å². The number of carboxylic acid groups (broad SMARTS) is 1. The third kappa shape index (κ3) is 3.07. The molecule has 0 unspecified atom stereocenters. The van der Waals surface area contributed by atoms with Gasteiger partial charge in [0.05, 0.1) is 12.1 Å². The number of nitrogens with zero attached hydrogens (tertiary/aromatic N) is 3. The molecule has 0 saturated heterocycles. The van der Waals surface area contributed by atoms with Gasteiger partial charge in [0.1, 0.15) is 0 Å². The fourth-order valence-electron chi connectivity index (χ4n) is 1.26. The van der Waals surface area contributed by atoms with Gasteiger partial charge in [-0.15, -0.1) is 11.3 Å². The topological polar surface area (TPSA) is 76.0 Å². The minimum Gasteiger partial charge on any atom is -0.481 e. The molecule has 0 aromatic carbocycles. The lowest BCUT2D eigenvalue weighted by molar-refractivity contribution is -0.136. The zero-order chi connectivity index (χ0) is 12.3. The van der Waals surface area contributed by atoms with E-state index in [1.54, 1.807) is 12.4 Å². The Balaban J connectivity index is 2.12. The molecule has 88 valence electrons. The lowest BCUT2D eigenvalue weighted by Crippen LogP contribution is -1.97. The summed E-state index contributed by atoms with van der Waals surface area (Å²) in [6, 6.07) is 0. The highest BCUT2D eigenvalue weighted by molar-refractivity contribution is 7.13. The van der Waals surface area contributed by atoms with Gasteiger partial charge in [0.2, 0.25) is 0 Å². The molecule has 0 radical (unpaired) electrons. The Hall–Kier alpha value is -1.82. The summed E-state index contributed by atoms with van der Waals surface area (Å²) in [7, 11) is 0. The summed E-state index contributed by atoms with van der Waals surface area (Å²) in [4.78, 5) is 23.1. The molecule has 2 rings (SSSR count). The average Bonchev–Trinajstić information content (AvgIpc) is 2.76. The van der Waals surface area contributed by atoms with Crippen LogP contribution in [0.1, 0.15) is 17.7 Å². The summed E-state index contributed by atoms with van der Waals surface area (Å²) in [5.41, 5.74) is 1.77. The summed E-state index contributed by atoms with van der Waals surface area (Å²) >= 11 is 1.43. The zero-order valence-corrected chi connectivity index (χ0v) is 10.1. The number of hydrogen-bond donors (Lipinski definition) is 1. The van der Waals surface area contributed by atoms with Crippen LogP contribution < -0.4 is 0 Å². The second kappa shape index (κ2) is 5.01. The number of aromatic nitrogens is 3. The maximum atomic E-state index is 10.4. The van der Waals surface area contributed by atoms with Crippen LogP contribution in [-0.2, 0) is 11.2 Å². The largest absolute Gasteiger partial charge is 0.481 e. The molecule has 0 aliphatic heterocycles. The molecule has 0 fully saturated rings. The Morgan fingerprint density at radius 3 is 2.76 bits per heavy atom. The van der Waals surface area contributed by atoms with Crippen molar-refractivity contribution in [1.82, 2.24) is 15.0 Å². The van der Waals surface area contributed by atoms with E-state index < -0.39 is 5.97 Å². The highest BCUT2D eigenvalue weighted by Gasteiger charge is 2.08. The van der Waals surface area contributed by atoms with Gasteiger partial charge in [-0.05, 0) is 12.5 Å². The molecule has 0 atom stereocenters. The van der Waals surface area contributed by atoms with Gasteiger partial charge in [-0.3, -0.25) is 4.79 Å². The Bertz CT molecular complexity index is 522. The molecule has 2 heterocycles. The second-order valence-electron chi connectivity index (χ2n) is 3.62. The lowest BCUT2D eigenvalue weighted by atomic mass is 10.2. The lowest BCUT2D eigenvalue weighted by Gasteiger charge is -1.95. The van der Waals surface area contributed by atoms with E-state index in [2.05, 4.69) is 15.0 Å². The van der Waals surface area contributed by atoms with Crippen LogP contribution in [0, 0.1) is 6.92 Å². The smallest absolute Gasteiger partial charge is 0.303 e. The monoisotopic (exact) mass is 249 g/mol. The number of carbonyl (C=O) groups is 1. The number of carboxylic acids is 1. The molecule has 6 heteroatoms. The minimum absolute atomic E-state index is 0.0952. The van der Waals surface area contributed by atoms with E-state index in [4.69, 9.17) is 5.11 Å². The van der Waals surface area contributed by atoms with Crippen LogP contribution >= 0.6 is 11.3 Å². The van der Waals surface area contributed by atoms with Gasteiger partial charge in [0, 0.05) is 24.2 Å². The van der Waals surface area contributed by atoms with Crippen molar-refractivity contribution in [2.24, 2.45) is 0 Å². The van der Waals surface area contributed by atoms with E-state index in [1.807, 2.05) is 12.3 Å². The van der Waals surface area contributed by atoms with Crippen LogP contribution in [0.3, 0.4) is 0 Å². The maximum absolute atomic E-state index is 10.4. The third-order valence-electron chi connectivity index (χ3n) is 2.12. The quantitative estimate of drug-likeness (QED) is 0.895. The number of rotatable bonds is 4. The van der Waals surface area contributed by atoms with Crippen LogP contribution in [0.4, 0.5) is 0 Å². The molecule has 0 saturated carbocycles. The van der Waals surface area contributed by atoms with Crippen molar-refractivity contribution in [3.63, 3.8) is 0 Å². The van der Waals surface area contributed by atoms with E-state index in [0.717, 1.165) is 16.3 Å². The average molecular weight is 249 g/mol. The van der Waals surface area contributed by atoms with Crippen LogP contribution in [0.5, 0.6) is 0 Å². The number of thiazole rings is 1. The van der Waals surface area contributed by atoms with Gasteiger partial charge in [0.25, 0.3) is 0 Å². The molecule has 2 aromatic heterocycles. The van der Waals surface area contributed by atoms with Crippen LogP contribution in [-0.4, -0.2) is 26.0 Å². The zero-order valence-electron chi connectivity index (χ0n) is 9.25. The third-order valence-corrected chi connectivity index (χ3v) is 3.01. The predicted octanol–water partition coefficient (Wildman–Crippen LogP) is 1.93. The molecule has 0 amide bonds. The first-order valence-electron chi connectivity index (χ1n) is 5.10. The first kappa shape index (κ1) is 11.7. The van der Waals surface area contributed by atoms with Crippen LogP contribution in [0.15, 0.2) is 17.8 Å². The first-order chi connectivity index (χ1) is 8.15. The first-order valence-corrected chi connectivity index (χ1v) is 5.98. The summed E-state index contributed by atoms with van der Waals surface area (Å²) in [5, 5.41) is 11.2. The molecule has 0 spiro atoms. The molecular weight excluding hydrogens is 238 g/mol. The highest BCUT2D eigenvalue weighted by atomic mass is 32.1. The van der Waals surface area contributed by atoms with E-state index in [-0.39, 0.29) is 6.42 Å². The summed E-state index contributed by atoms with van der Waals surface area (Å²) < 4.78 is 0. The molecule has 0 aliphatic carbocycles. The standard InChI is InChI=1S/C11H11N3O2S/c1-7-4-12-10(13-5-7)11-14-8(6-17-11)2-3-9(15)16/h4-6H,2-3H2,1H3,(H,15,16). The minimum atomic E-state index is -0.814. The Labute approximate surface area is 102 Å². The molecular formula is C11H11N3O2S. The van der Waals surface area contributed by atoms with Crippen molar-refractivity contribution >= 4 is 17.3 Å². The van der Waals surface area contributed by atoms with E-state index >= 15 is 0 Å². The van der Waals surface area contributed by atoms with Crippen molar-refractivity contribution in [3.05, 3.63) is 29.0 Å². The fraction of sp³-hybridized carbons (Fsp3) is 0.273. The molecule has 1 N–H and O–H groups in total. The van der Waals surface area contributed by atoms with Gasteiger partial charge in [0.15, 0.2) is 10.8 Å². The fourth-order valence-corrected chi connectivity index (χ4v) is 2.06. The van der Waals surface area contributed by atoms with E-state index in [9.17, 15) is 4.79 Å². The highest BCUT2D eigenvalue weighted by Crippen LogP contribution is 2.20. The normalized spacial score (nSPS) is 10.4. The van der Waals surface area contributed by atoms with Gasteiger partial charge >= 0.3 is 5.97 Å². The molecule has 5 nitrogen and oxygen atoms in total. The Kier molecular flexibility index (Phi) is 3.43. The second-order valence-corrected chi connectivity index (χ2v) is 4.48. The van der Waals surface area contributed by atoms with Crippen molar-refractivity contribution in [2.45, 2.75) is 19.8 Å². The van der Waals surface area contributed by atoms with Gasteiger partial charge in [-0.2, -0.15) is 0 Å². The van der Waals surface area contributed by atoms with Gasteiger partial charge < -0.3 is 5.11 Å². The summed E-state index contributed by atoms with van der Waals surface area (Å²) in [6.07, 6.45) is 4.01. The Morgan fingerprint density at radius 1 is 1.41 bits per heavy atom. The van der Waals surface area contributed by atoms with Crippen molar-refractivity contribution in [2.75, 3.05) is 0 Å². The van der Waals surface area contributed by atoms with Crippen molar-refractivity contribution in [1.29, 1.82) is 0 Å². The van der Waals surface area contributed by atoms with Crippen LogP contribution in [0.25, 0.3) is 10.8 Å². The number of aliphatic carboxylic acids is 1. The Morgan fingerprint density at radius 2 is 2.12 bits per heavy atom. The predicted molar refractivity (Wildman–Crippen MR) is 63.8 cm³/mol. The van der Waals surface area contributed by atoms with E-state index in [0.29, 0.717) is 12.2 Å². The van der Waals surface area contributed by atoms with E-state index in [1.165, 1.54) is 11.3 Å². The van der Waals surface area contributed by atoms with Gasteiger partial charge in [-0.25, -0.2) is 15.0 Å².